The molecule has 0 rings (SSSR count). The molecular formula is C11H24N2O3. The van der Waals surface area contributed by atoms with Crippen LogP contribution in [0.15, 0.2) is 0 Å². The Bertz CT molecular complexity index is 212. The Morgan fingerprint density at radius 3 is 1.69 bits per heavy atom. The highest BCUT2D eigenvalue weighted by molar-refractivity contribution is 5.72. The van der Waals surface area contributed by atoms with Gasteiger partial charge in [0.05, 0.1) is 12.2 Å². The van der Waals surface area contributed by atoms with Crippen molar-refractivity contribution < 1.29 is 14.5 Å². The normalized spacial score (nSPS) is 12.1. The van der Waals surface area contributed by atoms with E-state index in [1.54, 1.807) is 0 Å². The first-order valence-electron chi connectivity index (χ1n) is 5.57. The van der Waals surface area contributed by atoms with Crippen LogP contribution in [-0.2, 0) is 9.68 Å². The SMILES string of the molecule is CC(C)ON(OC(C)C)C(=O)NC(C)(C)C. The molecule has 0 aromatic carbocycles. The zero-order chi connectivity index (χ0) is 12.9. The largest absolute Gasteiger partial charge is 0.367 e. The van der Waals surface area contributed by atoms with Gasteiger partial charge < -0.3 is 5.32 Å². The molecule has 5 nitrogen and oxygen atoms in total. The second-order valence-corrected chi connectivity index (χ2v) is 5.25. The van der Waals surface area contributed by atoms with Gasteiger partial charge in [-0.1, -0.05) is 5.23 Å². The van der Waals surface area contributed by atoms with Crippen molar-refractivity contribution in [1.82, 2.24) is 10.5 Å². The van der Waals surface area contributed by atoms with Crippen molar-refractivity contribution in [3.63, 3.8) is 0 Å². The van der Waals surface area contributed by atoms with E-state index in [1.165, 1.54) is 0 Å². The molecule has 0 fully saturated rings. The smallest absolute Gasteiger partial charge is 0.330 e. The summed E-state index contributed by atoms with van der Waals surface area (Å²) in [5.74, 6) is 0. The molecule has 0 bridgehead atoms. The zero-order valence-corrected chi connectivity index (χ0v) is 11.3. The molecule has 96 valence electrons. The van der Waals surface area contributed by atoms with Gasteiger partial charge in [0, 0.05) is 5.54 Å². The van der Waals surface area contributed by atoms with Gasteiger partial charge in [0.15, 0.2) is 0 Å². The third-order valence-electron chi connectivity index (χ3n) is 1.26. The first-order chi connectivity index (χ1) is 7.11. The molecule has 5 heteroatoms. The summed E-state index contributed by atoms with van der Waals surface area (Å²) in [5.41, 5.74) is -0.323. The number of amides is 2. The number of urea groups is 1. The van der Waals surface area contributed by atoms with Crippen molar-refractivity contribution in [1.29, 1.82) is 0 Å². The molecule has 0 heterocycles. The van der Waals surface area contributed by atoms with Crippen LogP contribution in [0.25, 0.3) is 0 Å². The number of rotatable bonds is 4. The molecule has 2 amide bonds. The Morgan fingerprint density at radius 1 is 1.06 bits per heavy atom. The van der Waals surface area contributed by atoms with Crippen LogP contribution in [0, 0.1) is 0 Å². The summed E-state index contributed by atoms with van der Waals surface area (Å²) in [6.07, 6.45) is -0.242. The molecule has 0 spiro atoms. The van der Waals surface area contributed by atoms with Crippen LogP contribution in [0.3, 0.4) is 0 Å². The summed E-state index contributed by atoms with van der Waals surface area (Å²) in [4.78, 5) is 22.3. The average molecular weight is 232 g/mol. The third kappa shape index (κ3) is 7.48. The molecule has 1 N–H and O–H groups in total. The first kappa shape index (κ1) is 15.2. The summed E-state index contributed by atoms with van der Waals surface area (Å²) >= 11 is 0. The summed E-state index contributed by atoms with van der Waals surface area (Å²) in [6, 6.07) is -0.394. The van der Waals surface area contributed by atoms with Gasteiger partial charge in [-0.25, -0.2) is 14.5 Å². The van der Waals surface area contributed by atoms with Crippen molar-refractivity contribution in [3.05, 3.63) is 0 Å². The maximum atomic E-state index is 11.8. The molecule has 0 unspecified atom stereocenters. The maximum absolute atomic E-state index is 11.8. The van der Waals surface area contributed by atoms with Gasteiger partial charge in [0.25, 0.3) is 0 Å². The monoisotopic (exact) mass is 232 g/mol. The molecule has 0 aliphatic heterocycles. The van der Waals surface area contributed by atoms with Gasteiger partial charge >= 0.3 is 6.03 Å². The van der Waals surface area contributed by atoms with Crippen LogP contribution in [0.1, 0.15) is 48.5 Å². The quantitative estimate of drug-likeness (QED) is 0.757. The second-order valence-electron chi connectivity index (χ2n) is 5.25. The van der Waals surface area contributed by atoms with E-state index in [2.05, 4.69) is 5.32 Å². The summed E-state index contributed by atoms with van der Waals surface area (Å²) in [6.45, 7) is 13.0. The fourth-order valence-electron chi connectivity index (χ4n) is 0.870. The predicted octanol–water partition coefficient (Wildman–Crippen LogP) is 2.48. The molecule has 0 aromatic rings. The van der Waals surface area contributed by atoms with Gasteiger partial charge in [0.1, 0.15) is 0 Å². The molecule has 0 aliphatic rings. The number of nitrogens with zero attached hydrogens (tertiary/aromatic N) is 1. The van der Waals surface area contributed by atoms with Gasteiger partial charge in [-0.15, -0.1) is 0 Å². The van der Waals surface area contributed by atoms with Crippen LogP contribution >= 0.6 is 0 Å². The van der Waals surface area contributed by atoms with Gasteiger partial charge in [0.2, 0.25) is 0 Å². The number of hydroxylamine groups is 2. The minimum atomic E-state index is -0.394. The fourth-order valence-corrected chi connectivity index (χ4v) is 0.870. The summed E-state index contributed by atoms with van der Waals surface area (Å²) in [7, 11) is 0. The van der Waals surface area contributed by atoms with Gasteiger partial charge in [-0.3, -0.25) is 0 Å². The Hall–Kier alpha value is -0.810. The van der Waals surface area contributed by atoms with Crippen LogP contribution in [0.2, 0.25) is 0 Å². The molecule has 0 saturated carbocycles. The molecule has 0 radical (unpaired) electrons. The standard InChI is InChI=1S/C11H24N2O3/c1-8(2)15-13(16-9(3)4)10(14)12-11(5,6)7/h8-9H,1-7H3,(H,12,14). The average Bonchev–Trinajstić information content (AvgIpc) is 1.97. The molecule has 0 atom stereocenters. The number of carbonyl (C=O) groups is 1. The highest BCUT2D eigenvalue weighted by Gasteiger charge is 2.23. The first-order valence-corrected chi connectivity index (χ1v) is 5.57. The Labute approximate surface area is 98.0 Å². The zero-order valence-electron chi connectivity index (χ0n) is 11.3. The van der Waals surface area contributed by atoms with Crippen LogP contribution < -0.4 is 5.32 Å². The minimum absolute atomic E-state index is 0.121. The molecule has 0 aliphatic carbocycles. The van der Waals surface area contributed by atoms with Crippen LogP contribution in [-0.4, -0.2) is 29.0 Å². The van der Waals surface area contributed by atoms with Gasteiger partial charge in [-0.2, -0.15) is 0 Å². The highest BCUT2D eigenvalue weighted by atomic mass is 17.0. The van der Waals surface area contributed by atoms with E-state index in [-0.39, 0.29) is 17.7 Å². The topological polar surface area (TPSA) is 50.8 Å². The summed E-state index contributed by atoms with van der Waals surface area (Å²) < 4.78 is 0. The van der Waals surface area contributed by atoms with Crippen molar-refractivity contribution in [2.75, 3.05) is 0 Å². The van der Waals surface area contributed by atoms with E-state index < -0.39 is 6.03 Å². The summed E-state index contributed by atoms with van der Waals surface area (Å²) in [5, 5.41) is 3.68. The van der Waals surface area contributed by atoms with Crippen LogP contribution in [0.4, 0.5) is 4.79 Å². The number of nitrogens with one attached hydrogen (secondary N) is 1. The lowest BCUT2D eigenvalue weighted by atomic mass is 10.1. The number of hydrogen-bond donors (Lipinski definition) is 1. The van der Waals surface area contributed by atoms with E-state index in [1.807, 2.05) is 48.5 Å². The second kappa shape index (κ2) is 6.06. The lowest BCUT2D eigenvalue weighted by Crippen LogP contribution is -2.49. The Morgan fingerprint density at radius 2 is 1.44 bits per heavy atom. The lowest BCUT2D eigenvalue weighted by Gasteiger charge is -2.28. The lowest BCUT2D eigenvalue weighted by molar-refractivity contribution is -0.355. The molecule has 0 saturated heterocycles. The Kier molecular flexibility index (Phi) is 5.75. The number of carbonyl (C=O) groups excluding carboxylic acids is 1. The Balaban J connectivity index is 4.44. The van der Waals surface area contributed by atoms with E-state index in [0.29, 0.717) is 0 Å². The van der Waals surface area contributed by atoms with Crippen molar-refractivity contribution in [2.24, 2.45) is 0 Å². The molecular weight excluding hydrogens is 208 g/mol. The van der Waals surface area contributed by atoms with E-state index >= 15 is 0 Å². The van der Waals surface area contributed by atoms with Crippen molar-refractivity contribution in [3.8, 4) is 0 Å². The molecule has 0 aromatic heterocycles. The fraction of sp³-hybridized carbons (Fsp3) is 0.909. The van der Waals surface area contributed by atoms with E-state index in [0.717, 1.165) is 5.23 Å². The van der Waals surface area contributed by atoms with E-state index in [4.69, 9.17) is 9.68 Å². The molecule has 16 heavy (non-hydrogen) atoms. The van der Waals surface area contributed by atoms with Crippen molar-refractivity contribution >= 4 is 6.03 Å². The van der Waals surface area contributed by atoms with Crippen LogP contribution in [0.5, 0.6) is 0 Å². The number of hydrogen-bond acceptors (Lipinski definition) is 3. The highest BCUT2D eigenvalue weighted by Crippen LogP contribution is 2.06. The minimum Gasteiger partial charge on any atom is -0.330 e. The van der Waals surface area contributed by atoms with Crippen molar-refractivity contribution in [2.45, 2.75) is 66.2 Å². The maximum Gasteiger partial charge on any atom is 0.367 e. The predicted molar refractivity (Wildman–Crippen MR) is 62.6 cm³/mol. The van der Waals surface area contributed by atoms with E-state index in [9.17, 15) is 4.79 Å². The van der Waals surface area contributed by atoms with Gasteiger partial charge in [-0.05, 0) is 48.5 Å². The third-order valence-corrected chi connectivity index (χ3v) is 1.26.